The summed E-state index contributed by atoms with van der Waals surface area (Å²) in [6, 6.07) is 15.1. The Hall–Kier alpha value is -3.29. The van der Waals surface area contributed by atoms with Crippen LogP contribution in [0.3, 0.4) is 0 Å². The van der Waals surface area contributed by atoms with Gasteiger partial charge in [-0.2, -0.15) is 0 Å². The first-order valence-electron chi connectivity index (χ1n) is 8.51. The Morgan fingerprint density at radius 1 is 1.07 bits per heavy atom. The van der Waals surface area contributed by atoms with Crippen LogP contribution in [0.25, 0.3) is 11.3 Å². The number of oxazole rings is 1. The maximum atomic E-state index is 12.4. The second kappa shape index (κ2) is 8.60. The molecule has 1 heterocycles. The van der Waals surface area contributed by atoms with Crippen LogP contribution in [0.15, 0.2) is 65.2 Å². The predicted molar refractivity (Wildman–Crippen MR) is 95.2 cm³/mol. The molecule has 1 N–H and O–H groups in total. The van der Waals surface area contributed by atoms with Gasteiger partial charge in [0.15, 0.2) is 11.7 Å². The summed E-state index contributed by atoms with van der Waals surface area (Å²) in [6.45, 7) is -0.0774. The van der Waals surface area contributed by atoms with Crippen LogP contribution in [0.5, 0.6) is 5.75 Å². The number of halogens is 3. The molecule has 5 nitrogen and oxygen atoms in total. The Kier molecular flexibility index (Phi) is 5.98. The fourth-order valence-electron chi connectivity index (χ4n) is 2.54. The number of para-hydroxylation sites is 1. The number of nitrogens with one attached hydrogen (secondary N) is 1. The van der Waals surface area contributed by atoms with E-state index in [9.17, 15) is 18.0 Å². The van der Waals surface area contributed by atoms with Crippen molar-refractivity contribution in [2.45, 2.75) is 25.7 Å². The van der Waals surface area contributed by atoms with Gasteiger partial charge in [-0.15, -0.1) is 13.2 Å². The van der Waals surface area contributed by atoms with E-state index >= 15 is 0 Å². The second-order valence-corrected chi connectivity index (χ2v) is 5.92. The fourth-order valence-corrected chi connectivity index (χ4v) is 2.54. The number of benzene rings is 2. The average Bonchev–Trinajstić information content (AvgIpc) is 3.14. The van der Waals surface area contributed by atoms with Crippen LogP contribution in [0.1, 0.15) is 17.9 Å². The molecule has 0 spiro atoms. The predicted octanol–water partition coefficient (Wildman–Crippen LogP) is 4.49. The molecule has 3 rings (SSSR count). The molecule has 0 aliphatic rings. The summed E-state index contributed by atoms with van der Waals surface area (Å²) >= 11 is 0. The van der Waals surface area contributed by atoms with Crippen LogP contribution < -0.4 is 10.1 Å². The van der Waals surface area contributed by atoms with Gasteiger partial charge in [0.25, 0.3) is 0 Å². The first-order chi connectivity index (χ1) is 13.4. The highest BCUT2D eigenvalue weighted by molar-refractivity contribution is 5.76. The number of hydrogen-bond acceptors (Lipinski definition) is 4. The van der Waals surface area contributed by atoms with E-state index < -0.39 is 6.36 Å². The second-order valence-electron chi connectivity index (χ2n) is 5.92. The highest BCUT2D eigenvalue weighted by Crippen LogP contribution is 2.26. The highest BCUT2D eigenvalue weighted by Gasteiger charge is 2.31. The molecule has 2 aromatic carbocycles. The highest BCUT2D eigenvalue weighted by atomic mass is 19.4. The van der Waals surface area contributed by atoms with E-state index in [2.05, 4.69) is 15.0 Å². The zero-order valence-electron chi connectivity index (χ0n) is 14.7. The molecule has 0 fully saturated rings. The maximum absolute atomic E-state index is 12.4. The molecule has 1 amide bonds. The molecule has 0 saturated carbocycles. The van der Waals surface area contributed by atoms with E-state index in [4.69, 9.17) is 4.42 Å². The van der Waals surface area contributed by atoms with Crippen LogP contribution >= 0.6 is 0 Å². The third kappa shape index (κ3) is 5.60. The SMILES string of the molecule is O=C(CCc1ncc(-c2ccccc2)o1)NCc1ccccc1OC(F)(F)F. The number of amides is 1. The Morgan fingerprint density at radius 2 is 1.79 bits per heavy atom. The number of nitrogens with zero attached hydrogens (tertiary/aromatic N) is 1. The first-order valence-corrected chi connectivity index (χ1v) is 8.51. The molecule has 3 aromatic rings. The lowest BCUT2D eigenvalue weighted by Crippen LogP contribution is -2.24. The number of rotatable bonds is 7. The molecule has 0 bridgehead atoms. The van der Waals surface area contributed by atoms with E-state index in [1.807, 2.05) is 30.3 Å². The summed E-state index contributed by atoms with van der Waals surface area (Å²) < 4.78 is 46.9. The van der Waals surface area contributed by atoms with E-state index in [0.717, 1.165) is 5.56 Å². The number of carbonyl (C=O) groups is 1. The zero-order chi connectivity index (χ0) is 20.0. The number of aryl methyl sites for hydroxylation is 1. The molecular formula is C20H17F3N2O3. The summed E-state index contributed by atoms with van der Waals surface area (Å²) in [7, 11) is 0. The molecule has 0 unspecified atom stereocenters. The van der Waals surface area contributed by atoms with Gasteiger partial charge in [0.05, 0.1) is 6.20 Å². The van der Waals surface area contributed by atoms with Crippen LogP contribution in [0.2, 0.25) is 0 Å². The van der Waals surface area contributed by atoms with Gasteiger partial charge in [0.2, 0.25) is 5.91 Å². The number of aromatic nitrogens is 1. The molecule has 0 saturated heterocycles. The minimum Gasteiger partial charge on any atom is -0.441 e. The quantitative estimate of drug-likeness (QED) is 0.646. The zero-order valence-corrected chi connectivity index (χ0v) is 14.7. The van der Waals surface area contributed by atoms with Crippen molar-refractivity contribution in [1.29, 1.82) is 0 Å². The molecule has 0 aliphatic carbocycles. The van der Waals surface area contributed by atoms with E-state index in [0.29, 0.717) is 11.7 Å². The van der Waals surface area contributed by atoms with Gasteiger partial charge in [0.1, 0.15) is 5.75 Å². The monoisotopic (exact) mass is 390 g/mol. The van der Waals surface area contributed by atoms with Crippen molar-refractivity contribution >= 4 is 5.91 Å². The maximum Gasteiger partial charge on any atom is 0.573 e. The molecule has 28 heavy (non-hydrogen) atoms. The van der Waals surface area contributed by atoms with Crippen LogP contribution in [-0.4, -0.2) is 17.3 Å². The molecule has 0 aliphatic heterocycles. The Labute approximate surface area is 159 Å². The Bertz CT molecular complexity index is 924. The smallest absolute Gasteiger partial charge is 0.441 e. The summed E-state index contributed by atoms with van der Waals surface area (Å²) in [5.74, 6) is 0.348. The van der Waals surface area contributed by atoms with Crippen LogP contribution in [0.4, 0.5) is 13.2 Å². The van der Waals surface area contributed by atoms with E-state index in [-0.39, 0.29) is 36.6 Å². The minimum absolute atomic E-state index is 0.0774. The lowest BCUT2D eigenvalue weighted by atomic mass is 10.2. The van der Waals surface area contributed by atoms with E-state index in [1.54, 1.807) is 12.3 Å². The third-order valence-electron chi connectivity index (χ3n) is 3.85. The van der Waals surface area contributed by atoms with Crippen molar-refractivity contribution in [3.63, 3.8) is 0 Å². The molecule has 146 valence electrons. The molecule has 0 atom stereocenters. The average molecular weight is 390 g/mol. The number of alkyl halides is 3. The van der Waals surface area contributed by atoms with Gasteiger partial charge in [0, 0.05) is 30.5 Å². The van der Waals surface area contributed by atoms with Gasteiger partial charge < -0.3 is 14.5 Å². The molecular weight excluding hydrogens is 373 g/mol. The molecule has 0 radical (unpaired) electrons. The third-order valence-corrected chi connectivity index (χ3v) is 3.85. The number of ether oxygens (including phenoxy) is 1. The van der Waals surface area contributed by atoms with Crippen molar-refractivity contribution < 1.29 is 27.1 Å². The van der Waals surface area contributed by atoms with Crippen molar-refractivity contribution in [1.82, 2.24) is 10.3 Å². The van der Waals surface area contributed by atoms with Gasteiger partial charge in [-0.25, -0.2) is 4.98 Å². The van der Waals surface area contributed by atoms with Crippen LogP contribution in [0, 0.1) is 0 Å². The largest absolute Gasteiger partial charge is 0.573 e. The lowest BCUT2D eigenvalue weighted by molar-refractivity contribution is -0.274. The minimum atomic E-state index is -4.79. The van der Waals surface area contributed by atoms with Crippen molar-refractivity contribution in [2.75, 3.05) is 0 Å². The summed E-state index contributed by atoms with van der Waals surface area (Å²) in [4.78, 5) is 16.2. The van der Waals surface area contributed by atoms with Gasteiger partial charge >= 0.3 is 6.36 Å². The van der Waals surface area contributed by atoms with E-state index in [1.165, 1.54) is 18.2 Å². The van der Waals surface area contributed by atoms with Gasteiger partial charge in [-0.3, -0.25) is 4.79 Å². The van der Waals surface area contributed by atoms with Crippen molar-refractivity contribution in [3.8, 4) is 17.1 Å². The Morgan fingerprint density at radius 3 is 2.54 bits per heavy atom. The molecule has 8 heteroatoms. The number of hydrogen-bond donors (Lipinski definition) is 1. The summed E-state index contributed by atoms with van der Waals surface area (Å²) in [5.41, 5.74) is 1.11. The van der Waals surface area contributed by atoms with Crippen molar-refractivity contribution in [3.05, 3.63) is 72.2 Å². The van der Waals surface area contributed by atoms with Crippen LogP contribution in [-0.2, 0) is 17.8 Å². The number of carbonyl (C=O) groups excluding carboxylic acids is 1. The van der Waals surface area contributed by atoms with Gasteiger partial charge in [-0.1, -0.05) is 48.5 Å². The standard InChI is InChI=1S/C20H17F3N2O3/c21-20(22,23)28-16-9-5-4-8-15(16)12-24-18(26)10-11-19-25-13-17(27-19)14-6-2-1-3-7-14/h1-9,13H,10-12H2,(H,24,26). The fraction of sp³-hybridized carbons (Fsp3) is 0.200. The lowest BCUT2D eigenvalue weighted by Gasteiger charge is -2.13. The van der Waals surface area contributed by atoms with Crippen molar-refractivity contribution in [2.24, 2.45) is 0 Å². The normalized spacial score (nSPS) is 11.2. The molecule has 1 aromatic heterocycles. The first kappa shape index (κ1) is 19.5. The van der Waals surface area contributed by atoms with Gasteiger partial charge in [-0.05, 0) is 6.07 Å². The Balaban J connectivity index is 1.51. The topological polar surface area (TPSA) is 64.4 Å². The summed E-state index contributed by atoms with van der Waals surface area (Å²) in [6.07, 6.45) is -2.83. The summed E-state index contributed by atoms with van der Waals surface area (Å²) in [5, 5.41) is 2.58.